The predicted octanol–water partition coefficient (Wildman–Crippen LogP) is -2.69. The highest BCUT2D eigenvalue weighted by atomic mass is 16.6. The zero-order chi connectivity index (χ0) is 14.4. The largest absolute Gasteiger partial charge is 0.394 e. The zero-order valence-corrected chi connectivity index (χ0v) is 10.2. The monoisotopic (exact) mass is 283 g/mol. The van der Waals surface area contributed by atoms with Crippen LogP contribution in [0.2, 0.25) is 0 Å². The SMILES string of the molecule is Nc1nc2c(=O)[nH]cnc2n1[C@@H]1O[C@@H](CO)[C@@H](O)[C@H]1O. The Morgan fingerprint density at radius 3 is 2.85 bits per heavy atom. The molecule has 0 spiro atoms. The number of hydrogen-bond donors (Lipinski definition) is 5. The molecule has 0 unspecified atom stereocenters. The molecule has 0 aromatic carbocycles. The van der Waals surface area contributed by atoms with E-state index < -0.39 is 36.7 Å². The molecule has 1 saturated heterocycles. The third kappa shape index (κ3) is 1.70. The number of aliphatic hydroxyl groups excluding tert-OH is 3. The molecule has 2 aromatic rings. The van der Waals surface area contributed by atoms with Crippen LogP contribution in [0.4, 0.5) is 5.95 Å². The summed E-state index contributed by atoms with van der Waals surface area (Å²) in [5.41, 5.74) is 5.37. The number of nitrogens with zero attached hydrogens (tertiary/aromatic N) is 3. The molecule has 3 heterocycles. The van der Waals surface area contributed by atoms with Crippen molar-refractivity contribution in [3.8, 4) is 0 Å². The summed E-state index contributed by atoms with van der Waals surface area (Å²) in [6, 6.07) is 0. The van der Waals surface area contributed by atoms with Crippen LogP contribution in [0.3, 0.4) is 0 Å². The Balaban J connectivity index is 2.14. The van der Waals surface area contributed by atoms with Gasteiger partial charge < -0.3 is 30.8 Å². The van der Waals surface area contributed by atoms with Crippen LogP contribution < -0.4 is 11.3 Å². The molecule has 2 aromatic heterocycles. The first-order valence-electron chi connectivity index (χ1n) is 5.88. The van der Waals surface area contributed by atoms with E-state index in [1.807, 2.05) is 0 Å². The fraction of sp³-hybridized carbons (Fsp3) is 0.500. The van der Waals surface area contributed by atoms with Gasteiger partial charge in [-0.25, -0.2) is 9.97 Å². The molecule has 0 saturated carbocycles. The summed E-state index contributed by atoms with van der Waals surface area (Å²) in [6.07, 6.45) is -3.46. The van der Waals surface area contributed by atoms with Crippen molar-refractivity contribution in [2.75, 3.05) is 12.3 Å². The van der Waals surface area contributed by atoms with E-state index in [0.29, 0.717) is 0 Å². The number of nitrogens with one attached hydrogen (secondary N) is 1. The van der Waals surface area contributed by atoms with Gasteiger partial charge in [-0.15, -0.1) is 0 Å². The summed E-state index contributed by atoms with van der Waals surface area (Å²) in [5, 5.41) is 28.8. The maximum Gasteiger partial charge on any atom is 0.278 e. The summed E-state index contributed by atoms with van der Waals surface area (Å²) < 4.78 is 6.57. The van der Waals surface area contributed by atoms with Crippen molar-refractivity contribution in [1.29, 1.82) is 0 Å². The lowest BCUT2D eigenvalue weighted by Gasteiger charge is -2.17. The van der Waals surface area contributed by atoms with E-state index in [9.17, 15) is 15.0 Å². The minimum absolute atomic E-state index is 0.00254. The van der Waals surface area contributed by atoms with E-state index in [1.54, 1.807) is 0 Å². The van der Waals surface area contributed by atoms with Crippen LogP contribution in [0.5, 0.6) is 0 Å². The van der Waals surface area contributed by atoms with Gasteiger partial charge in [0, 0.05) is 0 Å². The number of ether oxygens (including phenoxy) is 1. The molecule has 108 valence electrons. The van der Waals surface area contributed by atoms with Crippen LogP contribution in [-0.4, -0.2) is 59.8 Å². The lowest BCUT2D eigenvalue weighted by atomic mass is 10.1. The number of nitrogen functional groups attached to an aromatic ring is 1. The number of aliphatic hydroxyl groups is 3. The summed E-state index contributed by atoms with van der Waals surface area (Å²) in [7, 11) is 0. The second kappa shape index (κ2) is 4.52. The van der Waals surface area contributed by atoms with Crippen molar-refractivity contribution in [2.24, 2.45) is 0 Å². The molecule has 6 N–H and O–H groups in total. The number of H-pyrrole nitrogens is 1. The average Bonchev–Trinajstić information content (AvgIpc) is 2.90. The van der Waals surface area contributed by atoms with E-state index in [4.69, 9.17) is 15.6 Å². The van der Waals surface area contributed by atoms with E-state index in [0.717, 1.165) is 0 Å². The standard InChI is InChI=1S/C10H13N5O5/c11-10-14-4-7(12-2-13-8(4)19)15(10)9-6(18)5(17)3(1-16)20-9/h2-3,5-6,9,16-18H,1H2,(H2,11,14)(H,12,13,19)/t3-,5+,6+,9+/m0/s1. The van der Waals surface area contributed by atoms with Crippen molar-refractivity contribution in [3.63, 3.8) is 0 Å². The Bertz CT molecular complexity index is 697. The summed E-state index contributed by atoms with van der Waals surface area (Å²) >= 11 is 0. The minimum Gasteiger partial charge on any atom is -0.394 e. The quantitative estimate of drug-likeness (QED) is 0.398. The molecule has 0 bridgehead atoms. The van der Waals surface area contributed by atoms with Crippen LogP contribution in [0.15, 0.2) is 11.1 Å². The lowest BCUT2D eigenvalue weighted by molar-refractivity contribution is -0.0500. The smallest absolute Gasteiger partial charge is 0.278 e. The first kappa shape index (κ1) is 13.0. The molecule has 3 rings (SSSR count). The Labute approximate surface area is 111 Å². The maximum absolute atomic E-state index is 11.6. The van der Waals surface area contributed by atoms with Gasteiger partial charge in [-0.3, -0.25) is 9.36 Å². The van der Waals surface area contributed by atoms with Gasteiger partial charge in [0.1, 0.15) is 18.3 Å². The summed E-state index contributed by atoms with van der Waals surface area (Å²) in [6.45, 7) is -0.463. The molecule has 4 atom stereocenters. The highest BCUT2D eigenvalue weighted by molar-refractivity contribution is 5.72. The van der Waals surface area contributed by atoms with Crippen molar-refractivity contribution < 1.29 is 20.1 Å². The number of hydrogen-bond acceptors (Lipinski definition) is 8. The lowest BCUT2D eigenvalue weighted by Crippen LogP contribution is -2.33. The Morgan fingerprint density at radius 2 is 2.20 bits per heavy atom. The van der Waals surface area contributed by atoms with Crippen molar-refractivity contribution in [1.82, 2.24) is 19.5 Å². The van der Waals surface area contributed by atoms with Crippen LogP contribution in [0.25, 0.3) is 11.2 Å². The number of aromatic nitrogens is 4. The highest BCUT2D eigenvalue weighted by Gasteiger charge is 2.44. The second-order valence-electron chi connectivity index (χ2n) is 4.47. The fourth-order valence-corrected chi connectivity index (χ4v) is 2.28. The normalized spacial score (nSPS) is 30.1. The van der Waals surface area contributed by atoms with Gasteiger partial charge in [0.25, 0.3) is 5.56 Å². The molecule has 1 aliphatic rings. The van der Waals surface area contributed by atoms with E-state index in [2.05, 4.69) is 15.0 Å². The molecule has 0 amide bonds. The molecule has 1 fully saturated rings. The first-order valence-corrected chi connectivity index (χ1v) is 5.88. The third-order valence-corrected chi connectivity index (χ3v) is 3.28. The first-order chi connectivity index (χ1) is 9.54. The third-order valence-electron chi connectivity index (χ3n) is 3.28. The van der Waals surface area contributed by atoms with E-state index in [1.165, 1.54) is 10.9 Å². The zero-order valence-electron chi connectivity index (χ0n) is 10.2. The van der Waals surface area contributed by atoms with E-state index >= 15 is 0 Å². The van der Waals surface area contributed by atoms with Crippen LogP contribution in [0, 0.1) is 0 Å². The van der Waals surface area contributed by atoms with Crippen LogP contribution >= 0.6 is 0 Å². The molecule has 0 radical (unpaired) electrons. The average molecular weight is 283 g/mol. The summed E-state index contributed by atoms with van der Waals surface area (Å²) in [4.78, 5) is 21.8. The molecule has 1 aliphatic heterocycles. The van der Waals surface area contributed by atoms with Gasteiger partial charge in [-0.1, -0.05) is 0 Å². The highest BCUT2D eigenvalue weighted by Crippen LogP contribution is 2.32. The predicted molar refractivity (Wildman–Crippen MR) is 65.6 cm³/mol. The van der Waals surface area contributed by atoms with Crippen molar-refractivity contribution in [2.45, 2.75) is 24.5 Å². The van der Waals surface area contributed by atoms with Crippen molar-refractivity contribution in [3.05, 3.63) is 16.7 Å². The van der Waals surface area contributed by atoms with Gasteiger partial charge in [0.05, 0.1) is 12.9 Å². The topological polar surface area (TPSA) is 160 Å². The number of aromatic amines is 1. The number of imidazole rings is 1. The van der Waals surface area contributed by atoms with Crippen molar-refractivity contribution >= 4 is 17.1 Å². The van der Waals surface area contributed by atoms with Gasteiger partial charge in [-0.2, -0.15) is 0 Å². The van der Waals surface area contributed by atoms with Gasteiger partial charge in [0.15, 0.2) is 17.4 Å². The molecule has 20 heavy (non-hydrogen) atoms. The Kier molecular flexibility index (Phi) is 2.94. The molecule has 0 aliphatic carbocycles. The maximum atomic E-state index is 11.6. The van der Waals surface area contributed by atoms with Gasteiger partial charge in [-0.05, 0) is 0 Å². The number of nitrogens with two attached hydrogens (primary N) is 1. The van der Waals surface area contributed by atoms with Gasteiger partial charge >= 0.3 is 0 Å². The Hall–Kier alpha value is -2.01. The van der Waals surface area contributed by atoms with E-state index in [-0.39, 0.29) is 17.1 Å². The molecule has 10 nitrogen and oxygen atoms in total. The second-order valence-corrected chi connectivity index (χ2v) is 4.47. The molecular formula is C10H13N5O5. The Morgan fingerprint density at radius 1 is 1.45 bits per heavy atom. The van der Waals surface area contributed by atoms with Crippen LogP contribution in [-0.2, 0) is 4.74 Å². The minimum atomic E-state index is -1.33. The molecule has 10 heteroatoms. The molecular weight excluding hydrogens is 270 g/mol. The van der Waals surface area contributed by atoms with Crippen LogP contribution in [0.1, 0.15) is 6.23 Å². The number of fused-ring (bicyclic) bond motifs is 1. The number of rotatable bonds is 2. The fourth-order valence-electron chi connectivity index (χ4n) is 2.28. The number of anilines is 1. The van der Waals surface area contributed by atoms with Gasteiger partial charge in [0.2, 0.25) is 5.95 Å². The summed E-state index contributed by atoms with van der Waals surface area (Å²) in [5.74, 6) is -0.0842.